The maximum Gasteiger partial charge on any atom is 0.179 e. The topological polar surface area (TPSA) is 60.4 Å². The molecule has 7 heteroatoms. The summed E-state index contributed by atoms with van der Waals surface area (Å²) in [5, 5.41) is 0.0425. The fourth-order valence-electron chi connectivity index (χ4n) is 2.12. The van der Waals surface area contributed by atoms with E-state index in [0.29, 0.717) is 31.1 Å². The molecule has 1 aromatic carbocycles. The Morgan fingerprint density at radius 3 is 2.55 bits per heavy atom. The first-order valence-electron chi connectivity index (χ1n) is 6.18. The van der Waals surface area contributed by atoms with Crippen LogP contribution in [0.25, 0.3) is 0 Å². The van der Waals surface area contributed by atoms with E-state index >= 15 is 0 Å². The van der Waals surface area contributed by atoms with Gasteiger partial charge in [-0.1, -0.05) is 23.2 Å². The smallest absolute Gasteiger partial charge is 0.179 e. The highest BCUT2D eigenvalue weighted by molar-refractivity contribution is 7.92. The lowest BCUT2D eigenvalue weighted by Crippen LogP contribution is -2.33. The van der Waals surface area contributed by atoms with E-state index in [2.05, 4.69) is 0 Å². The fraction of sp³-hybridized carbons (Fsp3) is 0.462. The van der Waals surface area contributed by atoms with E-state index in [1.807, 2.05) is 0 Å². The number of carbonyl (C=O) groups excluding carboxylic acids is 1. The van der Waals surface area contributed by atoms with Crippen molar-refractivity contribution < 1.29 is 17.9 Å². The molecule has 0 spiro atoms. The summed E-state index contributed by atoms with van der Waals surface area (Å²) in [5.74, 6) is -1.07. The molecule has 1 fully saturated rings. The molecule has 0 saturated carbocycles. The zero-order chi connectivity index (χ0) is 14.8. The minimum atomic E-state index is -3.49. The van der Waals surface area contributed by atoms with Gasteiger partial charge in [-0.25, -0.2) is 8.42 Å². The average molecular weight is 337 g/mol. The summed E-state index contributed by atoms with van der Waals surface area (Å²) >= 11 is 11.7. The van der Waals surface area contributed by atoms with Gasteiger partial charge >= 0.3 is 0 Å². The largest absolute Gasteiger partial charge is 0.381 e. The van der Waals surface area contributed by atoms with Gasteiger partial charge in [0.2, 0.25) is 0 Å². The molecule has 0 N–H and O–H groups in total. The van der Waals surface area contributed by atoms with Crippen molar-refractivity contribution >= 4 is 38.8 Å². The highest BCUT2D eigenvalue weighted by Gasteiger charge is 2.30. The van der Waals surface area contributed by atoms with Crippen LogP contribution in [-0.2, 0) is 14.6 Å². The van der Waals surface area contributed by atoms with Crippen LogP contribution >= 0.6 is 23.2 Å². The van der Waals surface area contributed by atoms with Crippen LogP contribution < -0.4 is 0 Å². The van der Waals surface area contributed by atoms with Crippen molar-refractivity contribution in [1.82, 2.24) is 0 Å². The predicted octanol–water partition coefficient (Wildman–Crippen LogP) is 2.77. The van der Waals surface area contributed by atoms with Gasteiger partial charge in [0, 0.05) is 23.8 Å². The van der Waals surface area contributed by atoms with Crippen molar-refractivity contribution in [2.45, 2.75) is 18.1 Å². The summed E-state index contributed by atoms with van der Waals surface area (Å²) in [6, 6.07) is 4.43. The van der Waals surface area contributed by atoms with Gasteiger partial charge in [-0.2, -0.15) is 0 Å². The second kappa shape index (κ2) is 6.43. The molecule has 1 aromatic rings. The number of carbonyl (C=O) groups is 1. The van der Waals surface area contributed by atoms with Gasteiger partial charge in [-0.05, 0) is 31.0 Å². The molecule has 0 atom stereocenters. The van der Waals surface area contributed by atoms with Crippen LogP contribution in [0.3, 0.4) is 0 Å². The van der Waals surface area contributed by atoms with Gasteiger partial charge in [0.15, 0.2) is 15.6 Å². The van der Waals surface area contributed by atoms with Crippen LogP contribution in [0.5, 0.6) is 0 Å². The molecule has 0 amide bonds. The number of halogens is 2. The lowest BCUT2D eigenvalue weighted by atomic mass is 10.1. The van der Waals surface area contributed by atoms with Gasteiger partial charge in [-0.3, -0.25) is 4.79 Å². The van der Waals surface area contributed by atoms with Gasteiger partial charge in [0.1, 0.15) is 5.75 Å². The number of Topliss-reactive ketones (excluding diaryl/α,β-unsaturated/α-hetero) is 1. The number of rotatable bonds is 4. The van der Waals surface area contributed by atoms with Crippen LogP contribution in [0.1, 0.15) is 23.2 Å². The quantitative estimate of drug-likeness (QED) is 0.793. The molecule has 110 valence electrons. The molecular weight excluding hydrogens is 323 g/mol. The van der Waals surface area contributed by atoms with Gasteiger partial charge < -0.3 is 4.74 Å². The average Bonchev–Trinajstić information content (AvgIpc) is 2.42. The summed E-state index contributed by atoms with van der Waals surface area (Å²) in [6.07, 6.45) is 0.859. The SMILES string of the molecule is O=C(CS(=O)(=O)C1CCOCC1)c1cc(Cl)ccc1Cl. The molecule has 1 aliphatic rings. The molecule has 0 bridgehead atoms. The summed E-state index contributed by atoms with van der Waals surface area (Å²) in [5.41, 5.74) is 0.148. The monoisotopic (exact) mass is 336 g/mol. The lowest BCUT2D eigenvalue weighted by Gasteiger charge is -2.21. The number of benzene rings is 1. The number of sulfone groups is 1. The molecule has 0 aromatic heterocycles. The van der Waals surface area contributed by atoms with E-state index in [0.717, 1.165) is 0 Å². The standard InChI is InChI=1S/C13H14Cl2O4S/c14-9-1-2-12(15)11(7-9)13(16)8-20(17,18)10-3-5-19-6-4-10/h1-2,7,10H,3-6,8H2. The molecular formula is C13H14Cl2O4S. The van der Waals surface area contributed by atoms with Crippen molar-refractivity contribution in [3.8, 4) is 0 Å². The fourth-order valence-corrected chi connectivity index (χ4v) is 4.19. The molecule has 0 aliphatic carbocycles. The maximum absolute atomic E-state index is 12.2. The van der Waals surface area contributed by atoms with E-state index in [4.69, 9.17) is 27.9 Å². The number of hydrogen-bond donors (Lipinski definition) is 0. The van der Waals surface area contributed by atoms with E-state index in [9.17, 15) is 13.2 Å². The Labute approximate surface area is 127 Å². The molecule has 2 rings (SSSR count). The Hall–Kier alpha value is -0.620. The third kappa shape index (κ3) is 3.73. The number of ether oxygens (including phenoxy) is 1. The Balaban J connectivity index is 2.16. The van der Waals surface area contributed by atoms with Crippen molar-refractivity contribution in [1.29, 1.82) is 0 Å². The van der Waals surface area contributed by atoms with E-state index in [1.54, 1.807) is 6.07 Å². The van der Waals surface area contributed by atoms with Gasteiger partial charge in [-0.15, -0.1) is 0 Å². The summed E-state index contributed by atoms with van der Waals surface area (Å²) < 4.78 is 29.6. The van der Waals surface area contributed by atoms with Crippen molar-refractivity contribution in [3.05, 3.63) is 33.8 Å². The van der Waals surface area contributed by atoms with Crippen LogP contribution in [0.15, 0.2) is 18.2 Å². The summed E-state index contributed by atoms with van der Waals surface area (Å²) in [7, 11) is -3.49. The molecule has 0 unspecified atom stereocenters. The van der Waals surface area contributed by atoms with Crippen LogP contribution in [0.2, 0.25) is 10.0 Å². The predicted molar refractivity (Wildman–Crippen MR) is 78.4 cm³/mol. The highest BCUT2D eigenvalue weighted by atomic mass is 35.5. The zero-order valence-corrected chi connectivity index (χ0v) is 13.0. The second-order valence-corrected chi connectivity index (χ2v) is 7.79. The maximum atomic E-state index is 12.2. The van der Waals surface area contributed by atoms with E-state index in [-0.39, 0.29) is 10.6 Å². The molecule has 1 saturated heterocycles. The lowest BCUT2D eigenvalue weighted by molar-refractivity contribution is 0.0971. The first-order valence-corrected chi connectivity index (χ1v) is 8.65. The molecule has 20 heavy (non-hydrogen) atoms. The van der Waals surface area contributed by atoms with Crippen LogP contribution in [-0.4, -0.2) is 38.4 Å². The molecule has 1 heterocycles. The number of ketones is 1. The summed E-state index contributed by atoms with van der Waals surface area (Å²) in [6.45, 7) is 0.825. The number of hydrogen-bond acceptors (Lipinski definition) is 4. The Bertz CT molecular complexity index is 607. The normalized spacial score (nSPS) is 17.1. The van der Waals surface area contributed by atoms with E-state index < -0.39 is 26.6 Å². The highest BCUT2D eigenvalue weighted by Crippen LogP contribution is 2.23. The van der Waals surface area contributed by atoms with Crippen LogP contribution in [0.4, 0.5) is 0 Å². The zero-order valence-electron chi connectivity index (χ0n) is 10.6. The van der Waals surface area contributed by atoms with E-state index in [1.165, 1.54) is 12.1 Å². The van der Waals surface area contributed by atoms with Gasteiger partial charge in [0.05, 0.1) is 10.3 Å². The molecule has 1 aliphatic heterocycles. The first kappa shape index (κ1) is 15.8. The van der Waals surface area contributed by atoms with Crippen molar-refractivity contribution in [2.24, 2.45) is 0 Å². The third-order valence-corrected chi connectivity index (χ3v) is 5.95. The summed E-state index contributed by atoms with van der Waals surface area (Å²) in [4.78, 5) is 12.1. The minimum Gasteiger partial charge on any atom is -0.381 e. The van der Waals surface area contributed by atoms with Gasteiger partial charge in [0.25, 0.3) is 0 Å². The molecule has 0 radical (unpaired) electrons. The Morgan fingerprint density at radius 2 is 1.90 bits per heavy atom. The third-order valence-electron chi connectivity index (χ3n) is 3.24. The minimum absolute atomic E-state index is 0.148. The van der Waals surface area contributed by atoms with Crippen molar-refractivity contribution in [2.75, 3.05) is 19.0 Å². The van der Waals surface area contributed by atoms with Crippen LogP contribution in [0, 0.1) is 0 Å². The van der Waals surface area contributed by atoms with Crippen molar-refractivity contribution in [3.63, 3.8) is 0 Å². The Kier molecular flexibility index (Phi) is 5.07. The second-order valence-electron chi connectivity index (χ2n) is 4.67. The molecule has 4 nitrogen and oxygen atoms in total. The first-order chi connectivity index (χ1) is 9.40. The Morgan fingerprint density at radius 1 is 1.25 bits per heavy atom.